The second-order valence-electron chi connectivity index (χ2n) is 13.8. The van der Waals surface area contributed by atoms with Crippen molar-refractivity contribution in [1.29, 1.82) is 0 Å². The zero-order chi connectivity index (χ0) is 32.9. The minimum atomic E-state index is -1.96. The Bertz CT molecular complexity index is 1280. The molecule has 44 heavy (non-hydrogen) atoms. The van der Waals surface area contributed by atoms with E-state index in [4.69, 9.17) is 18.6 Å². The molecule has 2 amide bonds. The fourth-order valence-corrected chi connectivity index (χ4v) is 5.76. The molecule has 246 valence electrons. The van der Waals surface area contributed by atoms with Crippen LogP contribution in [0.5, 0.6) is 5.88 Å². The normalized spacial score (nSPS) is 20.9. The average molecular weight is 635 g/mol. The highest BCUT2D eigenvalue weighted by Gasteiger charge is 2.40. The van der Waals surface area contributed by atoms with E-state index in [9.17, 15) is 19.8 Å². The number of aliphatic hydroxyl groups excluding tert-OH is 2. The van der Waals surface area contributed by atoms with Crippen molar-refractivity contribution in [2.45, 2.75) is 115 Å². The summed E-state index contributed by atoms with van der Waals surface area (Å²) in [4.78, 5) is 34.3. The van der Waals surface area contributed by atoms with E-state index in [1.165, 1.54) is 13.3 Å². The number of pyridine rings is 2. The highest BCUT2D eigenvalue weighted by Crippen LogP contribution is 2.36. The second-order valence-corrected chi connectivity index (χ2v) is 18.6. The minimum Gasteiger partial charge on any atom is -0.481 e. The molecule has 1 aliphatic heterocycles. The summed E-state index contributed by atoms with van der Waals surface area (Å²) in [6.07, 6.45) is -2.76. The van der Waals surface area contributed by atoms with Gasteiger partial charge in [-0.1, -0.05) is 20.8 Å². The van der Waals surface area contributed by atoms with Gasteiger partial charge in [-0.25, -0.2) is 9.78 Å². The molecule has 5 atom stereocenters. The number of ether oxygens (including phenoxy) is 3. The van der Waals surface area contributed by atoms with Crippen LogP contribution < -0.4 is 15.4 Å². The van der Waals surface area contributed by atoms with Crippen LogP contribution >= 0.6 is 0 Å². The molecule has 0 bridgehead atoms. The van der Waals surface area contributed by atoms with E-state index in [0.29, 0.717) is 48.5 Å². The Morgan fingerprint density at radius 3 is 2.45 bits per heavy atom. The molecular formula is C31H50N4O8Si. The van der Waals surface area contributed by atoms with Crippen LogP contribution in [-0.4, -0.2) is 90.7 Å². The van der Waals surface area contributed by atoms with Crippen molar-refractivity contribution >= 4 is 31.4 Å². The van der Waals surface area contributed by atoms with Crippen LogP contribution in [0.3, 0.4) is 0 Å². The SMILES string of the molecule is COc1ccc2nccc([C@@H](O)[C@@H](O)[C@@H]3CC[C@@H](NC(=O)OC(C)(C)C)[C@@H](CC(=O)NCCO[Si](C)(C)C(C)(C)C)O3)c2n1. The number of nitrogens with zero attached hydrogens (tertiary/aromatic N) is 2. The maximum absolute atomic E-state index is 13.0. The first-order chi connectivity index (χ1) is 20.4. The molecule has 0 radical (unpaired) electrons. The maximum atomic E-state index is 13.0. The third-order valence-electron chi connectivity index (χ3n) is 8.16. The van der Waals surface area contributed by atoms with Gasteiger partial charge in [0.2, 0.25) is 11.8 Å². The lowest BCUT2D eigenvalue weighted by Gasteiger charge is -2.39. The fraction of sp³-hybridized carbons (Fsp3) is 0.677. The van der Waals surface area contributed by atoms with Crippen molar-refractivity contribution in [3.8, 4) is 5.88 Å². The lowest BCUT2D eigenvalue weighted by atomic mass is 9.90. The monoisotopic (exact) mass is 634 g/mol. The Kier molecular flexibility index (Phi) is 11.7. The lowest BCUT2D eigenvalue weighted by Crippen LogP contribution is -2.54. The smallest absolute Gasteiger partial charge is 0.407 e. The molecule has 4 N–H and O–H groups in total. The topological polar surface area (TPSA) is 161 Å². The predicted molar refractivity (Wildman–Crippen MR) is 169 cm³/mol. The number of fused-ring (bicyclic) bond motifs is 1. The highest BCUT2D eigenvalue weighted by atomic mass is 28.4. The standard InChI is InChI=1S/C31H50N4O8Si/c1-30(2,3)43-29(39)34-20-10-12-22(42-23(20)18-24(36)33-16-17-41-44(8,9)31(4,5)6)28(38)27(37)19-14-15-32-21-11-13-25(40-7)35-26(19)21/h11,13-15,20,22-23,27-28,37-38H,10,12,16-18H2,1-9H3,(H,33,36)(H,34,39)/t20-,22+,23-,27-,28+/m1/s1. The summed E-state index contributed by atoms with van der Waals surface area (Å²) in [6, 6.07) is 4.43. The summed E-state index contributed by atoms with van der Waals surface area (Å²) in [5, 5.41) is 28.3. The zero-order valence-corrected chi connectivity index (χ0v) is 28.5. The summed E-state index contributed by atoms with van der Waals surface area (Å²) < 4.78 is 23.1. The van der Waals surface area contributed by atoms with Crippen molar-refractivity contribution < 1.29 is 38.4 Å². The number of nitrogens with one attached hydrogen (secondary N) is 2. The Hall–Kier alpha value is -2.84. The number of aliphatic hydroxyl groups is 2. The second kappa shape index (κ2) is 14.5. The van der Waals surface area contributed by atoms with E-state index in [-0.39, 0.29) is 17.4 Å². The van der Waals surface area contributed by atoms with Crippen LogP contribution in [0.15, 0.2) is 24.4 Å². The van der Waals surface area contributed by atoms with E-state index in [1.54, 1.807) is 39.0 Å². The minimum absolute atomic E-state index is 0.0542. The Morgan fingerprint density at radius 2 is 1.82 bits per heavy atom. The summed E-state index contributed by atoms with van der Waals surface area (Å²) >= 11 is 0. The highest BCUT2D eigenvalue weighted by molar-refractivity contribution is 6.74. The van der Waals surface area contributed by atoms with Crippen LogP contribution in [0.1, 0.15) is 72.5 Å². The molecular weight excluding hydrogens is 584 g/mol. The number of carbonyl (C=O) groups is 2. The van der Waals surface area contributed by atoms with Gasteiger partial charge in [0.25, 0.3) is 0 Å². The van der Waals surface area contributed by atoms with Crippen LogP contribution in [-0.2, 0) is 18.7 Å². The first-order valence-electron chi connectivity index (χ1n) is 15.1. The van der Waals surface area contributed by atoms with Crippen molar-refractivity contribution in [3.05, 3.63) is 30.0 Å². The summed E-state index contributed by atoms with van der Waals surface area (Å²) in [6.45, 7) is 16.8. The molecule has 1 aliphatic rings. The van der Waals surface area contributed by atoms with E-state index in [0.717, 1.165) is 0 Å². The van der Waals surface area contributed by atoms with Crippen LogP contribution in [0.4, 0.5) is 4.79 Å². The van der Waals surface area contributed by atoms with Crippen molar-refractivity contribution in [1.82, 2.24) is 20.6 Å². The number of carbonyl (C=O) groups excluding carboxylic acids is 2. The first-order valence-corrected chi connectivity index (χ1v) is 18.0. The molecule has 2 aromatic rings. The van der Waals surface area contributed by atoms with Gasteiger partial charge in [-0.3, -0.25) is 9.78 Å². The number of amides is 2. The Balaban J connectivity index is 1.72. The molecule has 13 heteroatoms. The molecule has 3 heterocycles. The van der Waals surface area contributed by atoms with Crippen LogP contribution in [0.2, 0.25) is 18.1 Å². The maximum Gasteiger partial charge on any atom is 0.407 e. The summed E-state index contributed by atoms with van der Waals surface area (Å²) in [5.74, 6) is 0.0659. The van der Waals surface area contributed by atoms with E-state index in [2.05, 4.69) is 54.5 Å². The fourth-order valence-electron chi connectivity index (χ4n) is 4.72. The number of methoxy groups -OCH3 is 1. The van der Waals surface area contributed by atoms with Gasteiger partial charge in [-0.2, -0.15) is 0 Å². The van der Waals surface area contributed by atoms with Crippen LogP contribution in [0.25, 0.3) is 11.0 Å². The first kappa shape index (κ1) is 35.6. The van der Waals surface area contributed by atoms with Crippen molar-refractivity contribution in [2.75, 3.05) is 20.3 Å². The molecule has 12 nitrogen and oxygen atoms in total. The van der Waals surface area contributed by atoms with Gasteiger partial charge in [0.05, 0.1) is 49.4 Å². The molecule has 1 saturated heterocycles. The van der Waals surface area contributed by atoms with Gasteiger partial charge in [-0.05, 0) is 63.9 Å². The Labute approximate surface area is 261 Å². The molecule has 0 spiro atoms. The molecule has 0 aliphatic carbocycles. The zero-order valence-electron chi connectivity index (χ0n) is 27.5. The van der Waals surface area contributed by atoms with Gasteiger partial charge in [0, 0.05) is 24.4 Å². The van der Waals surface area contributed by atoms with Gasteiger partial charge in [0.15, 0.2) is 8.32 Å². The van der Waals surface area contributed by atoms with E-state index < -0.39 is 50.5 Å². The number of hydrogen-bond donors (Lipinski definition) is 4. The van der Waals surface area contributed by atoms with E-state index >= 15 is 0 Å². The molecule has 0 saturated carbocycles. The predicted octanol–water partition coefficient (Wildman–Crippen LogP) is 4.00. The van der Waals surface area contributed by atoms with Gasteiger partial charge >= 0.3 is 6.09 Å². The number of hydrogen-bond acceptors (Lipinski definition) is 10. The van der Waals surface area contributed by atoms with Crippen molar-refractivity contribution in [2.24, 2.45) is 0 Å². The van der Waals surface area contributed by atoms with Gasteiger partial charge in [0.1, 0.15) is 17.8 Å². The molecule has 1 fully saturated rings. The van der Waals surface area contributed by atoms with Gasteiger partial charge < -0.3 is 39.5 Å². The average Bonchev–Trinajstić information content (AvgIpc) is 2.93. The summed E-state index contributed by atoms with van der Waals surface area (Å²) in [7, 11) is -0.465. The third-order valence-corrected chi connectivity index (χ3v) is 12.7. The van der Waals surface area contributed by atoms with Crippen LogP contribution in [0, 0.1) is 0 Å². The number of rotatable bonds is 11. The molecule has 3 rings (SSSR count). The van der Waals surface area contributed by atoms with Crippen molar-refractivity contribution in [3.63, 3.8) is 0 Å². The molecule has 0 unspecified atom stereocenters. The van der Waals surface area contributed by atoms with E-state index in [1.807, 2.05) is 0 Å². The quantitative estimate of drug-likeness (QED) is 0.210. The molecule has 0 aromatic carbocycles. The lowest BCUT2D eigenvalue weighted by molar-refractivity contribution is -0.153. The largest absolute Gasteiger partial charge is 0.481 e. The third kappa shape index (κ3) is 9.58. The summed E-state index contributed by atoms with van der Waals surface area (Å²) in [5.41, 5.74) is 0.598. The Morgan fingerprint density at radius 1 is 1.11 bits per heavy atom. The van der Waals surface area contributed by atoms with Gasteiger partial charge in [-0.15, -0.1) is 0 Å². The molecule has 2 aromatic heterocycles. The number of aromatic nitrogens is 2. The number of alkyl carbamates (subject to hydrolysis) is 1.